The molecule has 18 heteroatoms. The summed E-state index contributed by atoms with van der Waals surface area (Å²) in [6, 6.07) is 38.3. The van der Waals surface area contributed by atoms with Crippen LogP contribution in [0.2, 0.25) is 0 Å². The second kappa shape index (κ2) is 33.6. The lowest BCUT2D eigenvalue weighted by Gasteiger charge is -2.44. The molecule has 0 amide bonds. The Labute approximate surface area is 714 Å². The fourth-order valence-corrected chi connectivity index (χ4v) is 21.3. The number of pyridine rings is 1. The van der Waals surface area contributed by atoms with Crippen molar-refractivity contribution in [3.63, 3.8) is 0 Å². The predicted octanol–water partition coefficient (Wildman–Crippen LogP) is 22.1. The van der Waals surface area contributed by atoms with E-state index in [1.165, 1.54) is 39.2 Å². The number of rotatable bonds is 12. The molecule has 17 rings (SSSR count). The number of aromatic amines is 1. The highest BCUT2D eigenvalue weighted by Crippen LogP contribution is 2.56. The molecule has 121 heavy (non-hydrogen) atoms. The monoisotopic (exact) mass is 1610 g/mol. The van der Waals surface area contributed by atoms with Gasteiger partial charge in [0.2, 0.25) is 28.7 Å². The van der Waals surface area contributed by atoms with Gasteiger partial charge in [-0.15, -0.1) is 0 Å². The Hall–Kier alpha value is -11.9. The van der Waals surface area contributed by atoms with Crippen molar-refractivity contribution >= 4 is 29.0 Å². The Kier molecular flexibility index (Phi) is 23.8. The van der Waals surface area contributed by atoms with Crippen LogP contribution in [0.1, 0.15) is 259 Å². The number of fused-ring (bicyclic) bond motifs is 12. The van der Waals surface area contributed by atoms with Crippen LogP contribution >= 0.6 is 0 Å². The van der Waals surface area contributed by atoms with Crippen LogP contribution in [-0.4, -0.2) is 72.6 Å². The number of aromatic nitrogens is 9. The summed E-state index contributed by atoms with van der Waals surface area (Å²) in [6.07, 6.45) is 19.2. The van der Waals surface area contributed by atoms with Gasteiger partial charge in [-0.2, -0.15) is 0 Å². The van der Waals surface area contributed by atoms with Crippen LogP contribution in [0, 0.1) is 73.6 Å². The number of carbonyl (C=O) groups is 5. The highest BCUT2D eigenvalue weighted by molar-refractivity contribution is 6.02. The second-order valence-corrected chi connectivity index (χ2v) is 37.0. The first-order valence-electron chi connectivity index (χ1n) is 43.5. The van der Waals surface area contributed by atoms with Crippen LogP contribution in [0.3, 0.4) is 0 Å². The molecule has 5 aromatic heterocycles. The molecule has 0 fully saturated rings. The Balaban J connectivity index is 0.000000132. The van der Waals surface area contributed by atoms with Crippen molar-refractivity contribution in [1.29, 1.82) is 0 Å². The minimum absolute atomic E-state index is 0.00610. The third-order valence-electron chi connectivity index (χ3n) is 28.3. The van der Waals surface area contributed by atoms with E-state index in [2.05, 4.69) is 213 Å². The maximum absolute atomic E-state index is 12.8. The number of ketones is 4. The summed E-state index contributed by atoms with van der Waals surface area (Å²) in [5.41, 5.74) is 18.3. The van der Waals surface area contributed by atoms with Crippen LogP contribution in [0.5, 0.6) is 0 Å². The minimum Gasteiger partial charge on any atom is -0.342 e. The number of Topliss-reactive ketones (excluding diaryl/α,β-unsaturated/α-hetero) is 4. The topological polar surface area (TPSA) is 198 Å². The van der Waals surface area contributed by atoms with Crippen molar-refractivity contribution in [2.75, 3.05) is 0 Å². The molecule has 0 bridgehead atoms. The van der Waals surface area contributed by atoms with Gasteiger partial charge in [0.05, 0.1) is 49.1 Å². The van der Waals surface area contributed by atoms with E-state index in [1.54, 1.807) is 17.6 Å². The molecule has 0 aliphatic heterocycles. The van der Waals surface area contributed by atoms with E-state index in [1.807, 2.05) is 82.6 Å². The summed E-state index contributed by atoms with van der Waals surface area (Å²) in [7, 11) is 0. The molecule has 1 N–H and O–H groups in total. The third-order valence-corrected chi connectivity index (χ3v) is 28.3. The van der Waals surface area contributed by atoms with Gasteiger partial charge in [-0.3, -0.25) is 14.3 Å². The highest BCUT2D eigenvalue weighted by atomic mass is 16.2. The molecule has 18 nitrogen and oxygen atoms in total. The van der Waals surface area contributed by atoms with Crippen molar-refractivity contribution in [1.82, 2.24) is 43.6 Å². The summed E-state index contributed by atoms with van der Waals surface area (Å²) in [6.45, 7) is 69.2. The standard InChI is InChI=1S/C29H30N4O.C26H31N3O.C25H27N3O2.C23H25N3O/c1-18(2)21-6-8-22(9-7-21)28-32-27-25(33(28)17-20-12-14-31-15-13-20)11-10-23-19(3)26(34)24(30-5)16-29(23,27)4;1-7-14-29-22-13-12-20-17(4)23(30)21(27-6)15-26(20,5)24(22)28-25(29)19-10-8-18(9-11-19)16(2)3;1-14(2)17-7-9-18(10-8-17)24-27-23-21(28(24)16(4)29)12-11-19-15(3)22(30)20(26-6)13-25(19,23)5;1-13(2)15-6-8-16(9-7-15)22-25-18-11-10-17-14(3)20(27)19(24-5)12-23(17,4)21(18)26-22/h6-9,12-16,18-19,23H,10-11,17H2,1-4H3;8-11,15-17,20H,7,12-14H2,1-5H3;7-10,13-15,19H,11-12H2,1-5H3;6-9,12-14,17H,10-11H2,1-4H3,(H,25,26)/t19-,23-,29-;17-,20-,26-;15-,19-,25-;14-,17-,23-/m1111/s1. The van der Waals surface area contributed by atoms with Crippen LogP contribution < -0.4 is 0 Å². The number of H-pyrrole nitrogens is 1. The van der Waals surface area contributed by atoms with Gasteiger partial charge in [0.25, 0.3) is 0 Å². The normalized spacial score (nSPS) is 25.3. The maximum Gasteiger partial charge on any atom is 0.229 e. The summed E-state index contributed by atoms with van der Waals surface area (Å²) < 4.78 is 6.45. The first kappa shape index (κ1) is 85.6. The molecule has 12 atom stereocenters. The fraction of sp³-hybridized carbons (Fsp3) is 0.437. The van der Waals surface area contributed by atoms with E-state index >= 15 is 0 Å². The summed E-state index contributed by atoms with van der Waals surface area (Å²) >= 11 is 0. The number of aryl methyl sites for hydroxylation is 1. The first-order valence-corrected chi connectivity index (χ1v) is 43.5. The third kappa shape index (κ3) is 15.2. The quantitative estimate of drug-likeness (QED) is 0.115. The maximum atomic E-state index is 12.8. The molecule has 8 aliphatic rings. The van der Waals surface area contributed by atoms with Crippen LogP contribution in [0.25, 0.3) is 64.9 Å². The van der Waals surface area contributed by atoms with Gasteiger partial charge >= 0.3 is 0 Å². The van der Waals surface area contributed by atoms with Crippen LogP contribution in [-0.2, 0) is 79.6 Å². The van der Waals surface area contributed by atoms with Crippen LogP contribution in [0.15, 0.2) is 169 Å². The molecule has 0 spiro atoms. The van der Waals surface area contributed by atoms with Gasteiger partial charge in [-0.1, -0.05) is 239 Å². The number of benzene rings is 4. The molecule has 0 saturated heterocycles. The number of allylic oxidation sites excluding steroid dienone is 8. The molecular weight excluding hydrogens is 1500 g/mol. The molecular formula is C103H113N13O5. The number of carbonyl (C=O) groups excluding carboxylic acids is 5. The van der Waals surface area contributed by atoms with Crippen molar-refractivity contribution in [3.8, 4) is 45.6 Å². The lowest BCUT2D eigenvalue weighted by Crippen LogP contribution is -2.45. The smallest absolute Gasteiger partial charge is 0.229 e. The van der Waals surface area contributed by atoms with Crippen molar-refractivity contribution in [2.45, 2.75) is 241 Å². The van der Waals surface area contributed by atoms with Crippen molar-refractivity contribution in [2.24, 2.45) is 47.3 Å². The Bertz CT molecular complexity index is 5890. The number of nitrogens with zero attached hydrogens (tertiary/aromatic N) is 12. The van der Waals surface area contributed by atoms with E-state index in [0.717, 1.165) is 132 Å². The molecule has 0 unspecified atom stereocenters. The molecule has 620 valence electrons. The zero-order chi connectivity index (χ0) is 86.8. The SMILES string of the molecule is [C-]#[N+]C1=C[C@@]2(C)c3nc(-c4ccc(C(C)C)cc4)[nH]c3CC[C@@H]2[C@@H](C)C1=O.[C-]#[N+]C1=C[C@@]2(C)c3nc(-c4ccc(C(C)C)cc4)n(C(C)=O)c3CC[C@@H]2[C@@H](C)C1=O.[C-]#[N+]C1=C[C@@]2(C)c3nc(-c4ccc(C(C)C)cc4)n(CCC)c3CC[C@@H]2[C@@H](C)C1=O.[C-]#[N+]C1=C[C@@]2(C)c3nc(-c4ccc(C(C)C)cc4)n(Cc4ccncc4)c3CC[C@@H]2[C@@H](C)C1=O. The molecule has 4 aromatic carbocycles. The van der Waals surface area contributed by atoms with Gasteiger partial charge in [-0.05, 0) is 145 Å². The van der Waals surface area contributed by atoms with Gasteiger partial charge in [0.15, 0.2) is 23.1 Å². The number of imidazole rings is 4. The average molecular weight is 1610 g/mol. The Morgan fingerprint density at radius 3 is 1.10 bits per heavy atom. The molecule has 0 saturated carbocycles. The first-order chi connectivity index (χ1) is 57.7. The van der Waals surface area contributed by atoms with Gasteiger partial charge in [0.1, 0.15) is 23.3 Å². The summed E-state index contributed by atoms with van der Waals surface area (Å²) in [4.78, 5) is 105. The highest BCUT2D eigenvalue weighted by Gasteiger charge is 2.55. The summed E-state index contributed by atoms with van der Waals surface area (Å²) in [5.74, 6) is 5.14. The minimum atomic E-state index is -0.534. The van der Waals surface area contributed by atoms with Crippen molar-refractivity contribution < 1.29 is 24.0 Å². The largest absolute Gasteiger partial charge is 0.342 e. The number of nitrogens with one attached hydrogen (secondary N) is 1. The lowest BCUT2D eigenvalue weighted by atomic mass is 9.59. The fourth-order valence-electron chi connectivity index (χ4n) is 21.3. The summed E-state index contributed by atoms with van der Waals surface area (Å²) in [5, 5.41) is 0. The molecule has 0 radical (unpaired) electrons. The Morgan fingerprint density at radius 2 is 0.744 bits per heavy atom. The molecule has 5 heterocycles. The average Bonchev–Trinajstić information content (AvgIpc) is 1.69. The van der Waals surface area contributed by atoms with E-state index in [0.29, 0.717) is 42.5 Å². The van der Waals surface area contributed by atoms with Gasteiger partial charge < -0.3 is 33.3 Å². The zero-order valence-electron chi connectivity index (χ0n) is 73.5. The zero-order valence-corrected chi connectivity index (χ0v) is 73.5. The van der Waals surface area contributed by atoms with E-state index in [4.69, 9.17) is 46.2 Å². The Morgan fingerprint density at radius 1 is 0.430 bits per heavy atom. The molecule has 8 aliphatic carbocycles. The van der Waals surface area contributed by atoms with E-state index in [-0.39, 0.29) is 110 Å². The number of hydrogen-bond donors (Lipinski definition) is 1. The van der Waals surface area contributed by atoms with Gasteiger partial charge in [0, 0.05) is 123 Å². The van der Waals surface area contributed by atoms with E-state index in [9.17, 15) is 24.0 Å². The number of hydrogen-bond acceptors (Lipinski definition) is 10. The lowest BCUT2D eigenvalue weighted by molar-refractivity contribution is -0.122. The van der Waals surface area contributed by atoms with Crippen LogP contribution in [0.4, 0.5) is 0 Å². The predicted molar refractivity (Wildman–Crippen MR) is 475 cm³/mol. The van der Waals surface area contributed by atoms with Crippen molar-refractivity contribution in [3.05, 3.63) is 288 Å². The van der Waals surface area contributed by atoms with Gasteiger partial charge in [-0.25, -0.2) is 39.3 Å². The second-order valence-electron chi connectivity index (χ2n) is 37.0. The molecule has 9 aromatic rings. The van der Waals surface area contributed by atoms with E-state index < -0.39 is 10.8 Å².